The van der Waals surface area contributed by atoms with E-state index in [9.17, 15) is 9.90 Å². The third-order valence-electron chi connectivity index (χ3n) is 4.40. The normalized spacial score (nSPS) is 11.2. The highest BCUT2D eigenvalue weighted by Gasteiger charge is 2.19. The van der Waals surface area contributed by atoms with Crippen molar-refractivity contribution >= 4 is 51.1 Å². The van der Waals surface area contributed by atoms with Crippen LogP contribution in [-0.4, -0.2) is 14.2 Å². The molecule has 0 saturated carbocycles. The van der Waals surface area contributed by atoms with Gasteiger partial charge in [-0.1, -0.05) is 45.7 Å². The molecule has 0 aliphatic rings. The standard InChI is InChI=1S/C22H14BrClN4O2S/c23-14-6-12-18(13-7-14)28-21(30)19(26-25-16-10-8-15(24)9-11-16)20(29)27(22(28)31)17-4-2-1-3-5-17/h1-13,30H. The summed E-state index contributed by atoms with van der Waals surface area (Å²) in [6.07, 6.45) is 0. The van der Waals surface area contributed by atoms with Crippen molar-refractivity contribution in [2.24, 2.45) is 10.2 Å². The number of para-hydroxylation sites is 1. The summed E-state index contributed by atoms with van der Waals surface area (Å²) in [6.45, 7) is 0. The molecule has 0 radical (unpaired) electrons. The van der Waals surface area contributed by atoms with Crippen molar-refractivity contribution in [1.29, 1.82) is 0 Å². The summed E-state index contributed by atoms with van der Waals surface area (Å²) >= 11 is 14.9. The number of rotatable bonds is 4. The topological polar surface area (TPSA) is 71.9 Å². The largest absolute Gasteiger partial charge is 0.492 e. The molecule has 1 heterocycles. The van der Waals surface area contributed by atoms with Gasteiger partial charge in [-0.3, -0.25) is 13.9 Å². The predicted molar refractivity (Wildman–Crippen MR) is 127 cm³/mol. The molecule has 6 nitrogen and oxygen atoms in total. The van der Waals surface area contributed by atoms with Gasteiger partial charge in [-0.2, -0.15) is 5.11 Å². The monoisotopic (exact) mass is 512 g/mol. The van der Waals surface area contributed by atoms with E-state index in [1.807, 2.05) is 18.2 Å². The Labute approximate surface area is 195 Å². The summed E-state index contributed by atoms with van der Waals surface area (Å²) in [5, 5.41) is 19.7. The van der Waals surface area contributed by atoms with Crippen LogP contribution in [0.1, 0.15) is 0 Å². The number of azo groups is 1. The number of aromatic nitrogens is 2. The third kappa shape index (κ3) is 4.36. The SMILES string of the molecule is O=c1c(N=Nc2ccc(Cl)cc2)c(O)n(-c2ccc(Br)cc2)c(=S)n1-c1ccccc1. The second-order valence-electron chi connectivity index (χ2n) is 6.42. The zero-order chi connectivity index (χ0) is 22.0. The molecule has 0 aliphatic heterocycles. The van der Waals surface area contributed by atoms with Crippen LogP contribution in [0.15, 0.2) is 98.4 Å². The van der Waals surface area contributed by atoms with Gasteiger partial charge in [-0.25, -0.2) is 0 Å². The molecule has 154 valence electrons. The van der Waals surface area contributed by atoms with Crippen LogP contribution in [0.4, 0.5) is 11.4 Å². The van der Waals surface area contributed by atoms with Gasteiger partial charge >= 0.3 is 0 Å². The highest BCUT2D eigenvalue weighted by molar-refractivity contribution is 9.10. The minimum atomic E-state index is -0.584. The van der Waals surface area contributed by atoms with E-state index in [-0.39, 0.29) is 10.5 Å². The summed E-state index contributed by atoms with van der Waals surface area (Å²) in [5.74, 6) is -0.401. The van der Waals surface area contributed by atoms with Crippen molar-refractivity contribution in [1.82, 2.24) is 9.13 Å². The van der Waals surface area contributed by atoms with Crippen molar-refractivity contribution in [3.8, 4) is 17.3 Å². The van der Waals surface area contributed by atoms with E-state index >= 15 is 0 Å². The second-order valence-corrected chi connectivity index (χ2v) is 8.14. The molecule has 0 atom stereocenters. The van der Waals surface area contributed by atoms with E-state index in [1.54, 1.807) is 60.7 Å². The quantitative estimate of drug-likeness (QED) is 0.238. The van der Waals surface area contributed by atoms with Gasteiger partial charge in [0.2, 0.25) is 11.6 Å². The van der Waals surface area contributed by atoms with Crippen LogP contribution in [0, 0.1) is 4.77 Å². The second kappa shape index (κ2) is 8.97. The maximum absolute atomic E-state index is 13.3. The smallest absolute Gasteiger partial charge is 0.290 e. The van der Waals surface area contributed by atoms with Gasteiger partial charge in [-0.05, 0) is 72.9 Å². The maximum Gasteiger partial charge on any atom is 0.290 e. The molecule has 0 aliphatic carbocycles. The van der Waals surface area contributed by atoms with Gasteiger partial charge in [0.1, 0.15) is 0 Å². The lowest BCUT2D eigenvalue weighted by Crippen LogP contribution is -2.23. The van der Waals surface area contributed by atoms with Gasteiger partial charge in [0, 0.05) is 9.50 Å². The Balaban J connectivity index is 1.98. The Morgan fingerprint density at radius 3 is 2.10 bits per heavy atom. The van der Waals surface area contributed by atoms with E-state index in [2.05, 4.69) is 26.2 Å². The Morgan fingerprint density at radius 2 is 1.45 bits per heavy atom. The Bertz CT molecular complexity index is 1380. The molecule has 0 saturated heterocycles. The minimum absolute atomic E-state index is 0.0986. The molecular formula is C22H14BrClN4O2S. The van der Waals surface area contributed by atoms with Crippen LogP contribution < -0.4 is 5.56 Å². The fraction of sp³-hybridized carbons (Fsp3) is 0. The van der Waals surface area contributed by atoms with Crippen LogP contribution in [0.25, 0.3) is 11.4 Å². The fourth-order valence-electron chi connectivity index (χ4n) is 2.92. The van der Waals surface area contributed by atoms with Crippen LogP contribution >= 0.6 is 39.7 Å². The first-order valence-corrected chi connectivity index (χ1v) is 10.6. The number of halogens is 2. The first kappa shape index (κ1) is 21.2. The summed E-state index contributed by atoms with van der Waals surface area (Å²) < 4.78 is 3.66. The molecule has 9 heteroatoms. The van der Waals surface area contributed by atoms with Crippen molar-refractivity contribution in [2.75, 3.05) is 0 Å². The fourth-order valence-corrected chi connectivity index (χ4v) is 3.69. The summed E-state index contributed by atoms with van der Waals surface area (Å²) in [4.78, 5) is 13.3. The lowest BCUT2D eigenvalue weighted by Gasteiger charge is -2.16. The molecule has 1 aromatic heterocycles. The van der Waals surface area contributed by atoms with Crippen molar-refractivity contribution < 1.29 is 5.11 Å². The van der Waals surface area contributed by atoms with Crippen LogP contribution in [0.3, 0.4) is 0 Å². The molecule has 4 aromatic rings. The first-order chi connectivity index (χ1) is 15.0. The molecule has 0 spiro atoms. The number of nitrogens with zero attached hydrogens (tertiary/aromatic N) is 4. The average molecular weight is 514 g/mol. The van der Waals surface area contributed by atoms with Gasteiger partial charge in [0.25, 0.3) is 5.56 Å². The zero-order valence-electron chi connectivity index (χ0n) is 15.8. The van der Waals surface area contributed by atoms with Crippen molar-refractivity contribution in [2.45, 2.75) is 0 Å². The van der Waals surface area contributed by atoms with E-state index < -0.39 is 11.4 Å². The highest BCUT2D eigenvalue weighted by atomic mass is 79.9. The van der Waals surface area contributed by atoms with Gasteiger partial charge < -0.3 is 5.11 Å². The van der Waals surface area contributed by atoms with Crippen molar-refractivity contribution in [3.05, 3.63) is 103 Å². The zero-order valence-corrected chi connectivity index (χ0v) is 19.0. The summed E-state index contributed by atoms with van der Waals surface area (Å²) in [7, 11) is 0. The van der Waals surface area contributed by atoms with Crippen LogP contribution in [0.2, 0.25) is 5.02 Å². The average Bonchev–Trinajstić information content (AvgIpc) is 2.77. The van der Waals surface area contributed by atoms with Gasteiger partial charge in [0.05, 0.1) is 17.1 Å². The van der Waals surface area contributed by atoms with E-state index in [1.165, 1.54) is 9.13 Å². The lowest BCUT2D eigenvalue weighted by molar-refractivity contribution is 0.432. The third-order valence-corrected chi connectivity index (χ3v) is 5.55. The number of benzene rings is 3. The van der Waals surface area contributed by atoms with Crippen LogP contribution in [0.5, 0.6) is 5.88 Å². The van der Waals surface area contributed by atoms with E-state index in [4.69, 9.17) is 23.8 Å². The molecule has 1 N–H and O–H groups in total. The molecule has 0 bridgehead atoms. The molecule has 0 fully saturated rings. The number of hydrogen-bond donors (Lipinski definition) is 1. The van der Waals surface area contributed by atoms with Gasteiger partial charge in [-0.15, -0.1) is 5.11 Å². The molecule has 31 heavy (non-hydrogen) atoms. The Hall–Kier alpha value is -3.07. The molecule has 4 rings (SSSR count). The Morgan fingerprint density at radius 1 is 0.839 bits per heavy atom. The molecular weight excluding hydrogens is 500 g/mol. The maximum atomic E-state index is 13.3. The Kier molecular flexibility index (Phi) is 6.13. The van der Waals surface area contributed by atoms with E-state index in [0.29, 0.717) is 22.1 Å². The summed E-state index contributed by atoms with van der Waals surface area (Å²) in [6, 6.07) is 22.7. The van der Waals surface area contributed by atoms with E-state index in [0.717, 1.165) is 4.47 Å². The molecule has 3 aromatic carbocycles. The minimum Gasteiger partial charge on any atom is -0.492 e. The highest BCUT2D eigenvalue weighted by Crippen LogP contribution is 2.29. The number of aromatic hydroxyl groups is 1. The predicted octanol–water partition coefficient (Wildman–Crippen LogP) is 6.89. The summed E-state index contributed by atoms with van der Waals surface area (Å²) in [5.41, 5.74) is 0.770. The van der Waals surface area contributed by atoms with Crippen molar-refractivity contribution in [3.63, 3.8) is 0 Å². The molecule has 0 unspecified atom stereocenters. The van der Waals surface area contributed by atoms with Crippen LogP contribution in [-0.2, 0) is 0 Å². The van der Waals surface area contributed by atoms with Gasteiger partial charge in [0.15, 0.2) is 4.77 Å². The first-order valence-electron chi connectivity index (χ1n) is 9.05. The lowest BCUT2D eigenvalue weighted by atomic mass is 10.3. The number of hydrogen-bond acceptors (Lipinski definition) is 5. The molecule has 0 amide bonds.